The number of sulfonamides is 2. The quantitative estimate of drug-likeness (QED) is 0.579. The first kappa shape index (κ1) is 26.3. The topological polar surface area (TPSA) is 104 Å². The van der Waals surface area contributed by atoms with Gasteiger partial charge < -0.3 is 5.32 Å². The molecule has 0 unspecified atom stereocenters. The average Bonchev–Trinajstić information content (AvgIpc) is 3.27. The molecule has 0 bridgehead atoms. The fraction of sp³-hybridized carbons (Fsp3) is 0.350. The molecule has 0 saturated carbocycles. The number of carbonyl (C=O) groups is 1. The molecule has 0 aromatic heterocycles. The van der Waals surface area contributed by atoms with Crippen molar-refractivity contribution in [2.24, 2.45) is 0 Å². The minimum absolute atomic E-state index is 0.0472. The molecule has 14 heteroatoms. The molecular formula is C20H21ClF3N3O5S2. The van der Waals surface area contributed by atoms with Crippen LogP contribution in [0.15, 0.2) is 47.4 Å². The molecule has 8 nitrogen and oxygen atoms in total. The summed E-state index contributed by atoms with van der Waals surface area (Å²) < 4.78 is 91.0. The molecule has 0 aliphatic carbocycles. The van der Waals surface area contributed by atoms with E-state index in [2.05, 4.69) is 5.32 Å². The van der Waals surface area contributed by atoms with Gasteiger partial charge in [0.1, 0.15) is 6.54 Å². The summed E-state index contributed by atoms with van der Waals surface area (Å²) in [6.07, 6.45) is -2.51. The summed E-state index contributed by atoms with van der Waals surface area (Å²) in [5.74, 6) is -0.843. The largest absolute Gasteiger partial charge is 0.417 e. The number of nitrogens with zero attached hydrogens (tertiary/aromatic N) is 2. The number of alkyl halides is 3. The molecule has 0 radical (unpaired) electrons. The van der Waals surface area contributed by atoms with Gasteiger partial charge in [-0.05, 0) is 55.3 Å². The third-order valence-corrected chi connectivity index (χ3v) is 8.45. The molecule has 2 aromatic carbocycles. The van der Waals surface area contributed by atoms with Crippen LogP contribution in [0.2, 0.25) is 5.02 Å². The number of rotatable bonds is 7. The number of hydrogen-bond acceptors (Lipinski definition) is 5. The molecular weight excluding hydrogens is 519 g/mol. The van der Waals surface area contributed by atoms with E-state index in [1.807, 2.05) is 0 Å². The molecule has 3 rings (SSSR count). The van der Waals surface area contributed by atoms with Gasteiger partial charge in [-0.3, -0.25) is 9.10 Å². The molecule has 1 heterocycles. The van der Waals surface area contributed by atoms with Gasteiger partial charge in [-0.1, -0.05) is 11.6 Å². The Bertz CT molecular complexity index is 1280. The summed E-state index contributed by atoms with van der Waals surface area (Å²) in [5.41, 5.74) is -1.44. The maximum atomic E-state index is 13.2. The second-order valence-corrected chi connectivity index (χ2v) is 11.9. The van der Waals surface area contributed by atoms with E-state index in [1.54, 1.807) is 0 Å². The third kappa shape index (κ3) is 6.01. The van der Waals surface area contributed by atoms with Crippen LogP contribution in [0.5, 0.6) is 0 Å². The van der Waals surface area contributed by atoms with E-state index in [1.165, 1.54) is 28.6 Å². The van der Waals surface area contributed by atoms with Crippen LogP contribution in [-0.2, 0) is 31.0 Å². The molecule has 0 spiro atoms. The molecule has 2 aromatic rings. The van der Waals surface area contributed by atoms with E-state index in [0.717, 1.165) is 31.2 Å². The third-order valence-electron chi connectivity index (χ3n) is 5.07. The van der Waals surface area contributed by atoms with Crippen LogP contribution in [0.1, 0.15) is 18.4 Å². The van der Waals surface area contributed by atoms with Crippen LogP contribution < -0.4 is 9.62 Å². The highest BCUT2D eigenvalue weighted by molar-refractivity contribution is 7.92. The lowest BCUT2D eigenvalue weighted by Crippen LogP contribution is -2.37. The SMILES string of the molecule is CS(=O)(=O)N(CC(=O)Nc1ccc(S(=O)(=O)N2CCCC2)cc1)c1ccc(Cl)c(C(F)(F)F)c1. The average molecular weight is 540 g/mol. The van der Waals surface area contributed by atoms with Gasteiger partial charge >= 0.3 is 6.18 Å². The van der Waals surface area contributed by atoms with Gasteiger partial charge in [0.05, 0.1) is 27.4 Å². The summed E-state index contributed by atoms with van der Waals surface area (Å²) in [6.45, 7) is 0.0530. The Morgan fingerprint density at radius 1 is 1.06 bits per heavy atom. The van der Waals surface area contributed by atoms with Crippen molar-refractivity contribution in [2.75, 3.05) is 35.5 Å². The van der Waals surface area contributed by atoms with Crippen LogP contribution in [-0.4, -0.2) is 52.9 Å². The van der Waals surface area contributed by atoms with E-state index in [9.17, 15) is 34.8 Å². The lowest BCUT2D eigenvalue weighted by Gasteiger charge is -2.23. The summed E-state index contributed by atoms with van der Waals surface area (Å²) in [4.78, 5) is 12.5. The van der Waals surface area contributed by atoms with Gasteiger partial charge in [0.25, 0.3) is 0 Å². The van der Waals surface area contributed by atoms with Gasteiger partial charge in [0.2, 0.25) is 26.0 Å². The number of nitrogens with one attached hydrogen (secondary N) is 1. The van der Waals surface area contributed by atoms with Crippen molar-refractivity contribution in [3.05, 3.63) is 53.1 Å². The van der Waals surface area contributed by atoms with Crippen molar-refractivity contribution < 1.29 is 34.8 Å². The van der Waals surface area contributed by atoms with Crippen molar-refractivity contribution in [2.45, 2.75) is 23.9 Å². The maximum absolute atomic E-state index is 13.2. The van der Waals surface area contributed by atoms with Gasteiger partial charge in [0.15, 0.2) is 0 Å². The summed E-state index contributed by atoms with van der Waals surface area (Å²) in [6, 6.07) is 7.82. The molecule has 1 aliphatic rings. The maximum Gasteiger partial charge on any atom is 0.417 e. The Labute approximate surface area is 200 Å². The Morgan fingerprint density at radius 2 is 1.65 bits per heavy atom. The fourth-order valence-corrected chi connectivity index (χ4v) is 5.99. The summed E-state index contributed by atoms with van der Waals surface area (Å²) in [5, 5.41) is 1.80. The second kappa shape index (κ2) is 9.72. The van der Waals surface area contributed by atoms with E-state index in [0.29, 0.717) is 23.5 Å². The van der Waals surface area contributed by atoms with E-state index >= 15 is 0 Å². The predicted octanol–water partition coefficient (Wildman–Crippen LogP) is 3.55. The van der Waals surface area contributed by atoms with Crippen LogP contribution in [0, 0.1) is 0 Å². The lowest BCUT2D eigenvalue weighted by molar-refractivity contribution is -0.137. The standard InChI is InChI=1S/C20H21ClF3N3O5S2/c1-33(29,30)27(15-6-9-18(21)17(12-15)20(22,23)24)13-19(28)25-14-4-7-16(8-5-14)34(31,32)26-10-2-3-11-26/h4-9,12H,2-3,10-11,13H2,1H3,(H,25,28). The first-order valence-electron chi connectivity index (χ1n) is 9.94. The van der Waals surface area contributed by atoms with Gasteiger partial charge in [0, 0.05) is 18.8 Å². The highest BCUT2D eigenvalue weighted by atomic mass is 35.5. The van der Waals surface area contributed by atoms with Gasteiger partial charge in [-0.2, -0.15) is 17.5 Å². The lowest BCUT2D eigenvalue weighted by atomic mass is 10.2. The minimum atomic E-state index is -4.82. The monoisotopic (exact) mass is 539 g/mol. The molecule has 186 valence electrons. The Hall–Kier alpha value is -2.35. The smallest absolute Gasteiger partial charge is 0.325 e. The molecule has 1 aliphatic heterocycles. The number of hydrogen-bond donors (Lipinski definition) is 1. The van der Waals surface area contributed by atoms with Crippen molar-refractivity contribution in [1.29, 1.82) is 0 Å². The van der Waals surface area contributed by atoms with Crippen LogP contribution >= 0.6 is 11.6 Å². The van der Waals surface area contributed by atoms with Gasteiger partial charge in [-0.25, -0.2) is 16.8 Å². The van der Waals surface area contributed by atoms with Crippen molar-refractivity contribution in [1.82, 2.24) is 4.31 Å². The normalized spacial score (nSPS) is 15.3. The Balaban J connectivity index is 1.78. The zero-order valence-electron chi connectivity index (χ0n) is 17.8. The number of benzene rings is 2. The highest BCUT2D eigenvalue weighted by Gasteiger charge is 2.34. The molecule has 0 atom stereocenters. The van der Waals surface area contributed by atoms with E-state index in [4.69, 9.17) is 11.6 Å². The van der Waals surface area contributed by atoms with Gasteiger partial charge in [-0.15, -0.1) is 0 Å². The van der Waals surface area contributed by atoms with Crippen molar-refractivity contribution >= 4 is 48.9 Å². The molecule has 1 fully saturated rings. The minimum Gasteiger partial charge on any atom is -0.325 e. The highest BCUT2D eigenvalue weighted by Crippen LogP contribution is 2.37. The first-order chi connectivity index (χ1) is 15.7. The van der Waals surface area contributed by atoms with Crippen LogP contribution in [0.25, 0.3) is 0 Å². The van der Waals surface area contributed by atoms with E-state index in [-0.39, 0.29) is 16.3 Å². The molecule has 34 heavy (non-hydrogen) atoms. The predicted molar refractivity (Wildman–Crippen MR) is 122 cm³/mol. The Kier molecular flexibility index (Phi) is 7.51. The van der Waals surface area contributed by atoms with Crippen LogP contribution in [0.3, 0.4) is 0 Å². The number of anilines is 2. The van der Waals surface area contributed by atoms with Crippen LogP contribution in [0.4, 0.5) is 24.5 Å². The first-order valence-corrected chi connectivity index (χ1v) is 13.6. The zero-order chi connectivity index (χ0) is 25.3. The Morgan fingerprint density at radius 3 is 2.18 bits per heavy atom. The van der Waals surface area contributed by atoms with Crippen molar-refractivity contribution in [3.8, 4) is 0 Å². The zero-order valence-corrected chi connectivity index (χ0v) is 20.2. The van der Waals surface area contributed by atoms with Crippen molar-refractivity contribution in [3.63, 3.8) is 0 Å². The fourth-order valence-electron chi connectivity index (χ4n) is 3.40. The number of amides is 1. The second-order valence-electron chi connectivity index (χ2n) is 7.62. The number of carbonyl (C=O) groups excluding carboxylic acids is 1. The van der Waals surface area contributed by atoms with E-state index < -0.39 is 49.3 Å². The molecule has 1 N–H and O–H groups in total. The molecule has 1 amide bonds. The number of halogens is 4. The molecule has 1 saturated heterocycles. The summed E-state index contributed by atoms with van der Waals surface area (Å²) in [7, 11) is -7.79. The summed E-state index contributed by atoms with van der Waals surface area (Å²) >= 11 is 5.59.